The Kier molecular flexibility index (Phi) is 4.62. The van der Waals surface area contributed by atoms with E-state index in [0.717, 1.165) is 23.1 Å². The number of halogens is 1. The maximum absolute atomic E-state index is 9.91. The van der Waals surface area contributed by atoms with Crippen LogP contribution in [0.25, 0.3) is 0 Å². The Hall–Kier alpha value is -0.190. The number of aliphatic hydroxyl groups is 1. The van der Waals surface area contributed by atoms with Gasteiger partial charge in [0.2, 0.25) is 0 Å². The Balaban J connectivity index is 2.33. The van der Waals surface area contributed by atoms with Gasteiger partial charge in [-0.3, -0.25) is 0 Å². The third-order valence-electron chi connectivity index (χ3n) is 3.20. The summed E-state index contributed by atoms with van der Waals surface area (Å²) < 4.78 is 1.07. The zero-order valence-electron chi connectivity index (χ0n) is 11.1. The molecule has 3 unspecified atom stereocenters. The van der Waals surface area contributed by atoms with Crippen molar-refractivity contribution in [3.8, 4) is 0 Å². The summed E-state index contributed by atoms with van der Waals surface area (Å²) in [6, 6.07) is 6.13. The lowest BCUT2D eigenvalue weighted by atomic mass is 10.1. The van der Waals surface area contributed by atoms with Crippen molar-refractivity contribution in [2.75, 3.05) is 18.0 Å². The molecule has 0 spiro atoms. The molecule has 0 saturated carbocycles. The highest BCUT2D eigenvalue weighted by molar-refractivity contribution is 9.10. The summed E-state index contributed by atoms with van der Waals surface area (Å²) in [6.45, 7) is 8.47. The van der Waals surface area contributed by atoms with Crippen LogP contribution >= 0.6 is 27.7 Å². The summed E-state index contributed by atoms with van der Waals surface area (Å²) in [5.74, 6) is 0. The first-order valence-corrected chi connectivity index (χ1v) is 8.09. The predicted molar refractivity (Wildman–Crippen MR) is 83.5 cm³/mol. The van der Waals surface area contributed by atoms with Gasteiger partial charge in [-0.25, -0.2) is 0 Å². The van der Waals surface area contributed by atoms with Gasteiger partial charge in [-0.05, 0) is 19.1 Å². The van der Waals surface area contributed by atoms with E-state index in [9.17, 15) is 5.11 Å². The van der Waals surface area contributed by atoms with Crippen molar-refractivity contribution >= 4 is 33.4 Å². The predicted octanol–water partition coefficient (Wildman–Crippen LogP) is 3.83. The van der Waals surface area contributed by atoms with Crippen molar-refractivity contribution in [1.82, 2.24) is 0 Å². The lowest BCUT2D eigenvalue weighted by Gasteiger charge is -2.37. The van der Waals surface area contributed by atoms with Crippen LogP contribution < -0.4 is 4.90 Å². The van der Waals surface area contributed by atoms with Gasteiger partial charge in [0.15, 0.2) is 0 Å². The van der Waals surface area contributed by atoms with E-state index in [1.54, 1.807) is 0 Å². The van der Waals surface area contributed by atoms with Crippen molar-refractivity contribution in [1.29, 1.82) is 0 Å². The molecular weight excluding hydrogens is 310 g/mol. The second-order valence-corrected chi connectivity index (χ2v) is 7.84. The van der Waals surface area contributed by atoms with E-state index in [1.807, 2.05) is 30.8 Å². The summed E-state index contributed by atoms with van der Waals surface area (Å²) >= 11 is 5.57. The van der Waals surface area contributed by atoms with Crippen molar-refractivity contribution in [3.05, 3.63) is 28.2 Å². The van der Waals surface area contributed by atoms with E-state index in [0.29, 0.717) is 10.5 Å². The summed E-state index contributed by atoms with van der Waals surface area (Å²) in [5, 5.41) is 11.2. The third kappa shape index (κ3) is 3.22. The average molecular weight is 330 g/mol. The quantitative estimate of drug-likeness (QED) is 0.891. The molecule has 4 heteroatoms. The molecule has 1 aliphatic heterocycles. The number of thioether (sulfide) groups is 1. The monoisotopic (exact) mass is 329 g/mol. The Morgan fingerprint density at radius 2 is 1.94 bits per heavy atom. The van der Waals surface area contributed by atoms with Crippen molar-refractivity contribution < 1.29 is 5.11 Å². The van der Waals surface area contributed by atoms with Gasteiger partial charge in [0, 0.05) is 39.3 Å². The van der Waals surface area contributed by atoms with Gasteiger partial charge < -0.3 is 10.0 Å². The molecular formula is C14H20BrNOS. The molecule has 1 heterocycles. The number of hydrogen-bond donors (Lipinski definition) is 1. The molecule has 0 bridgehead atoms. The highest BCUT2D eigenvalue weighted by Crippen LogP contribution is 2.34. The molecule has 1 fully saturated rings. The van der Waals surface area contributed by atoms with Crippen LogP contribution in [-0.4, -0.2) is 28.7 Å². The van der Waals surface area contributed by atoms with Crippen LogP contribution in [-0.2, 0) is 0 Å². The van der Waals surface area contributed by atoms with E-state index in [1.165, 1.54) is 5.69 Å². The summed E-state index contributed by atoms with van der Waals surface area (Å²) in [5.41, 5.74) is 2.18. The lowest BCUT2D eigenvalue weighted by molar-refractivity contribution is 0.199. The first-order chi connectivity index (χ1) is 8.47. The number of rotatable bonds is 2. The molecule has 2 nitrogen and oxygen atoms in total. The minimum absolute atomic E-state index is 0.423. The molecule has 1 N–H and O–H groups in total. The van der Waals surface area contributed by atoms with Crippen molar-refractivity contribution in [2.45, 2.75) is 37.4 Å². The smallest absolute Gasteiger partial charge is 0.0782 e. The molecule has 1 aliphatic rings. The fourth-order valence-corrected chi connectivity index (χ4v) is 4.19. The second kappa shape index (κ2) is 5.85. The highest BCUT2D eigenvalue weighted by atomic mass is 79.9. The van der Waals surface area contributed by atoms with Crippen LogP contribution in [0.2, 0.25) is 0 Å². The van der Waals surface area contributed by atoms with Crippen LogP contribution in [0, 0.1) is 0 Å². The normalized spacial score (nSPS) is 26.2. The second-order valence-electron chi connectivity index (χ2n) is 5.04. The van der Waals surface area contributed by atoms with E-state index >= 15 is 0 Å². The van der Waals surface area contributed by atoms with Gasteiger partial charge in [-0.2, -0.15) is 11.8 Å². The maximum Gasteiger partial charge on any atom is 0.0782 e. The van der Waals surface area contributed by atoms with Gasteiger partial charge in [0.05, 0.1) is 6.10 Å². The Bertz CT molecular complexity index is 414. The van der Waals surface area contributed by atoms with Crippen LogP contribution in [0.5, 0.6) is 0 Å². The average Bonchev–Trinajstić information content (AvgIpc) is 2.27. The standard InChI is InChI=1S/C14H20BrNOS/c1-9-7-16(8-10(2)18-9)14-6-12(15)4-5-13(14)11(3)17/h4-6,9-11,17H,7-8H2,1-3H3. The van der Waals surface area contributed by atoms with E-state index in [4.69, 9.17) is 0 Å². The van der Waals surface area contributed by atoms with E-state index in [-0.39, 0.29) is 0 Å². The molecule has 1 saturated heterocycles. The first-order valence-electron chi connectivity index (χ1n) is 6.35. The molecule has 100 valence electrons. The Morgan fingerprint density at radius 1 is 1.33 bits per heavy atom. The van der Waals surface area contributed by atoms with Crippen LogP contribution in [0.15, 0.2) is 22.7 Å². The van der Waals surface area contributed by atoms with E-state index in [2.05, 4.69) is 40.7 Å². The van der Waals surface area contributed by atoms with Gasteiger partial charge in [-0.1, -0.05) is 35.8 Å². The molecule has 1 aromatic rings. The highest BCUT2D eigenvalue weighted by Gasteiger charge is 2.24. The number of anilines is 1. The third-order valence-corrected chi connectivity index (χ3v) is 4.92. The lowest BCUT2D eigenvalue weighted by Crippen LogP contribution is -2.41. The molecule has 0 aliphatic carbocycles. The summed E-state index contributed by atoms with van der Waals surface area (Å²) in [4.78, 5) is 2.40. The fourth-order valence-electron chi connectivity index (χ4n) is 2.52. The topological polar surface area (TPSA) is 23.5 Å². The minimum atomic E-state index is -0.423. The largest absolute Gasteiger partial charge is 0.389 e. The van der Waals surface area contributed by atoms with Gasteiger partial charge >= 0.3 is 0 Å². The summed E-state index contributed by atoms with van der Waals surface area (Å²) in [7, 11) is 0. The van der Waals surface area contributed by atoms with Gasteiger partial charge in [0.25, 0.3) is 0 Å². The zero-order valence-corrected chi connectivity index (χ0v) is 13.5. The number of benzene rings is 1. The fraction of sp³-hybridized carbons (Fsp3) is 0.571. The van der Waals surface area contributed by atoms with Crippen molar-refractivity contribution in [2.24, 2.45) is 0 Å². The molecule has 0 aromatic heterocycles. The molecule has 0 amide bonds. The SMILES string of the molecule is CC1CN(c2cc(Br)ccc2C(C)O)CC(C)S1. The maximum atomic E-state index is 9.91. The van der Waals surface area contributed by atoms with Crippen LogP contribution in [0.3, 0.4) is 0 Å². The first kappa shape index (κ1) is 14.2. The van der Waals surface area contributed by atoms with E-state index < -0.39 is 6.10 Å². The molecule has 1 aromatic carbocycles. The molecule has 2 rings (SSSR count). The van der Waals surface area contributed by atoms with Crippen LogP contribution in [0.4, 0.5) is 5.69 Å². The number of aliphatic hydroxyl groups excluding tert-OH is 1. The summed E-state index contributed by atoms with van der Waals surface area (Å²) in [6.07, 6.45) is -0.423. The molecule has 18 heavy (non-hydrogen) atoms. The number of hydrogen-bond acceptors (Lipinski definition) is 3. The minimum Gasteiger partial charge on any atom is -0.389 e. The van der Waals surface area contributed by atoms with Gasteiger partial charge in [-0.15, -0.1) is 0 Å². The van der Waals surface area contributed by atoms with Crippen molar-refractivity contribution in [3.63, 3.8) is 0 Å². The Labute approximate surface area is 122 Å². The molecule has 0 radical (unpaired) electrons. The van der Waals surface area contributed by atoms with Gasteiger partial charge in [0.1, 0.15) is 0 Å². The zero-order chi connectivity index (χ0) is 13.3. The van der Waals surface area contributed by atoms with Crippen LogP contribution in [0.1, 0.15) is 32.4 Å². The number of nitrogens with zero attached hydrogens (tertiary/aromatic N) is 1. The Morgan fingerprint density at radius 3 is 2.50 bits per heavy atom. The molecule has 3 atom stereocenters.